The lowest BCUT2D eigenvalue weighted by molar-refractivity contribution is 0.308. The van der Waals surface area contributed by atoms with Gasteiger partial charge in [-0.2, -0.15) is 0 Å². The van der Waals surface area contributed by atoms with Gasteiger partial charge in [0.2, 0.25) is 0 Å². The minimum absolute atomic E-state index is 0.197. The lowest BCUT2D eigenvalue weighted by atomic mass is 10.0. The summed E-state index contributed by atoms with van der Waals surface area (Å²) in [7, 11) is 0. The van der Waals surface area contributed by atoms with Crippen LogP contribution in [0.1, 0.15) is 36.5 Å². The van der Waals surface area contributed by atoms with Gasteiger partial charge in [0, 0.05) is 6.04 Å². The highest BCUT2D eigenvalue weighted by molar-refractivity contribution is 5.43. The number of allylic oxidation sites excluding steroid dienone is 1. The Hall–Kier alpha value is -1.28. The topological polar surface area (TPSA) is 35.2 Å². The van der Waals surface area contributed by atoms with E-state index in [1.165, 1.54) is 16.7 Å². The highest BCUT2D eigenvalue weighted by atomic mass is 16.5. The van der Waals surface area contributed by atoms with Crippen molar-refractivity contribution >= 4 is 0 Å². The summed E-state index contributed by atoms with van der Waals surface area (Å²) in [5.41, 5.74) is 9.52. The van der Waals surface area contributed by atoms with Crippen molar-refractivity contribution in [2.45, 2.75) is 46.1 Å². The minimum Gasteiger partial charge on any atom is -0.493 e. The number of aryl methyl sites for hydroxylation is 2. The zero-order chi connectivity index (χ0) is 13.5. The molecule has 0 aliphatic rings. The molecule has 1 atom stereocenters. The van der Waals surface area contributed by atoms with E-state index in [0.717, 1.165) is 31.6 Å². The Balaban J connectivity index is 2.71. The maximum Gasteiger partial charge on any atom is 0.125 e. The van der Waals surface area contributed by atoms with Crippen LogP contribution in [0.2, 0.25) is 0 Å². The van der Waals surface area contributed by atoms with Gasteiger partial charge in [-0.15, -0.1) is 6.58 Å². The highest BCUT2D eigenvalue weighted by Gasteiger charge is 2.07. The molecule has 1 unspecified atom stereocenters. The van der Waals surface area contributed by atoms with Crippen LogP contribution >= 0.6 is 0 Å². The van der Waals surface area contributed by atoms with E-state index >= 15 is 0 Å². The molecule has 0 amide bonds. The summed E-state index contributed by atoms with van der Waals surface area (Å²) < 4.78 is 5.85. The standard InChI is InChI=1S/C16H25NO/c1-5-6-7-8-18-16-12(2)9-15(10-13(16)3)11-14(4)17/h5,9-10,14H,1,6-8,11,17H2,2-4H3. The number of hydrogen-bond acceptors (Lipinski definition) is 2. The molecule has 0 heterocycles. The maximum absolute atomic E-state index is 5.85. The summed E-state index contributed by atoms with van der Waals surface area (Å²) in [5.74, 6) is 1.02. The van der Waals surface area contributed by atoms with Crippen molar-refractivity contribution < 1.29 is 4.74 Å². The second kappa shape index (κ2) is 7.22. The number of hydrogen-bond donors (Lipinski definition) is 1. The number of nitrogens with two attached hydrogens (primary N) is 1. The Kier molecular flexibility index (Phi) is 5.93. The van der Waals surface area contributed by atoms with E-state index in [1.54, 1.807) is 0 Å². The third kappa shape index (κ3) is 4.53. The molecule has 0 aliphatic heterocycles. The Bertz CT molecular complexity index is 373. The molecule has 100 valence electrons. The van der Waals surface area contributed by atoms with E-state index < -0.39 is 0 Å². The van der Waals surface area contributed by atoms with Crippen molar-refractivity contribution in [1.82, 2.24) is 0 Å². The van der Waals surface area contributed by atoms with Gasteiger partial charge >= 0.3 is 0 Å². The maximum atomic E-state index is 5.85. The van der Waals surface area contributed by atoms with E-state index in [1.807, 2.05) is 13.0 Å². The van der Waals surface area contributed by atoms with Crippen LogP contribution in [0.3, 0.4) is 0 Å². The quantitative estimate of drug-likeness (QED) is 0.591. The monoisotopic (exact) mass is 247 g/mol. The van der Waals surface area contributed by atoms with E-state index in [0.29, 0.717) is 0 Å². The van der Waals surface area contributed by atoms with Gasteiger partial charge in [0.25, 0.3) is 0 Å². The van der Waals surface area contributed by atoms with Gasteiger partial charge in [0.15, 0.2) is 0 Å². The first-order chi connectivity index (χ1) is 8.54. The van der Waals surface area contributed by atoms with E-state index in [4.69, 9.17) is 10.5 Å². The number of unbranched alkanes of at least 4 members (excludes halogenated alkanes) is 1. The van der Waals surface area contributed by atoms with Gasteiger partial charge in [0.05, 0.1) is 6.61 Å². The van der Waals surface area contributed by atoms with Crippen LogP contribution in [0.15, 0.2) is 24.8 Å². The van der Waals surface area contributed by atoms with Crippen LogP contribution in [0.5, 0.6) is 5.75 Å². The largest absolute Gasteiger partial charge is 0.493 e. The number of benzene rings is 1. The number of ether oxygens (including phenoxy) is 1. The molecule has 2 nitrogen and oxygen atoms in total. The van der Waals surface area contributed by atoms with Crippen LogP contribution in [-0.2, 0) is 6.42 Å². The molecule has 0 fully saturated rings. The molecule has 0 bridgehead atoms. The second-order valence-electron chi connectivity index (χ2n) is 5.02. The summed E-state index contributed by atoms with van der Waals surface area (Å²) in [6.07, 6.45) is 4.86. The second-order valence-corrected chi connectivity index (χ2v) is 5.02. The lowest BCUT2D eigenvalue weighted by Crippen LogP contribution is -2.18. The average Bonchev–Trinajstić information content (AvgIpc) is 2.26. The van der Waals surface area contributed by atoms with Crippen molar-refractivity contribution in [3.05, 3.63) is 41.5 Å². The summed E-state index contributed by atoms with van der Waals surface area (Å²) in [5, 5.41) is 0. The summed E-state index contributed by atoms with van der Waals surface area (Å²) in [4.78, 5) is 0. The Morgan fingerprint density at radius 3 is 2.44 bits per heavy atom. The first kappa shape index (κ1) is 14.8. The smallest absolute Gasteiger partial charge is 0.125 e. The van der Waals surface area contributed by atoms with Gasteiger partial charge in [0.1, 0.15) is 5.75 Å². The molecule has 0 saturated heterocycles. The molecule has 0 spiro atoms. The predicted molar refractivity (Wildman–Crippen MR) is 78.2 cm³/mol. The molecule has 2 N–H and O–H groups in total. The molecule has 0 aliphatic carbocycles. The van der Waals surface area contributed by atoms with Gasteiger partial charge < -0.3 is 10.5 Å². The van der Waals surface area contributed by atoms with Crippen LogP contribution in [0, 0.1) is 13.8 Å². The molecular weight excluding hydrogens is 222 g/mol. The highest BCUT2D eigenvalue weighted by Crippen LogP contribution is 2.25. The molecule has 0 aromatic heterocycles. The van der Waals surface area contributed by atoms with E-state index in [-0.39, 0.29) is 6.04 Å². The van der Waals surface area contributed by atoms with Crippen molar-refractivity contribution in [3.63, 3.8) is 0 Å². The van der Waals surface area contributed by atoms with Gasteiger partial charge in [-0.25, -0.2) is 0 Å². The molecule has 0 saturated carbocycles. The van der Waals surface area contributed by atoms with Crippen molar-refractivity contribution in [3.8, 4) is 5.75 Å². The summed E-state index contributed by atoms with van der Waals surface area (Å²) >= 11 is 0. The zero-order valence-corrected chi connectivity index (χ0v) is 11.8. The fourth-order valence-corrected chi connectivity index (χ4v) is 2.16. The summed E-state index contributed by atoms with van der Waals surface area (Å²) in [6.45, 7) is 10.7. The van der Waals surface area contributed by atoms with E-state index in [9.17, 15) is 0 Å². The summed E-state index contributed by atoms with van der Waals surface area (Å²) in [6, 6.07) is 4.56. The van der Waals surface area contributed by atoms with Gasteiger partial charge in [-0.05, 0) is 56.7 Å². The van der Waals surface area contributed by atoms with Crippen molar-refractivity contribution in [1.29, 1.82) is 0 Å². The third-order valence-corrected chi connectivity index (χ3v) is 2.88. The van der Waals surface area contributed by atoms with Gasteiger partial charge in [-0.3, -0.25) is 0 Å². The molecule has 1 aromatic carbocycles. The lowest BCUT2D eigenvalue weighted by Gasteiger charge is -2.14. The zero-order valence-electron chi connectivity index (χ0n) is 11.8. The first-order valence-corrected chi connectivity index (χ1v) is 6.64. The minimum atomic E-state index is 0.197. The Morgan fingerprint density at radius 1 is 1.33 bits per heavy atom. The van der Waals surface area contributed by atoms with Crippen LogP contribution in [0.25, 0.3) is 0 Å². The average molecular weight is 247 g/mol. The molecule has 1 aromatic rings. The molecule has 0 radical (unpaired) electrons. The third-order valence-electron chi connectivity index (χ3n) is 2.88. The van der Waals surface area contributed by atoms with E-state index in [2.05, 4.69) is 32.6 Å². The van der Waals surface area contributed by atoms with Crippen LogP contribution < -0.4 is 10.5 Å². The molecule has 1 rings (SSSR count). The van der Waals surface area contributed by atoms with Crippen LogP contribution in [-0.4, -0.2) is 12.6 Å². The van der Waals surface area contributed by atoms with Crippen molar-refractivity contribution in [2.75, 3.05) is 6.61 Å². The van der Waals surface area contributed by atoms with Gasteiger partial charge in [-0.1, -0.05) is 18.2 Å². The Labute approximate surface area is 111 Å². The number of rotatable bonds is 7. The molecule has 18 heavy (non-hydrogen) atoms. The molecular formula is C16H25NO. The fraction of sp³-hybridized carbons (Fsp3) is 0.500. The fourth-order valence-electron chi connectivity index (χ4n) is 2.16. The predicted octanol–water partition coefficient (Wildman–Crippen LogP) is 3.54. The van der Waals surface area contributed by atoms with Crippen molar-refractivity contribution in [2.24, 2.45) is 5.73 Å². The normalized spacial score (nSPS) is 12.2. The first-order valence-electron chi connectivity index (χ1n) is 6.64. The van der Waals surface area contributed by atoms with Crippen LogP contribution in [0.4, 0.5) is 0 Å². The molecule has 2 heteroatoms. The Morgan fingerprint density at radius 2 is 1.94 bits per heavy atom. The SMILES string of the molecule is C=CCCCOc1c(C)cc(CC(C)N)cc1C.